The normalized spacial score (nSPS) is 17.9. The maximum Gasteiger partial charge on any atom is 0.315 e. The Bertz CT molecular complexity index is 399. The number of amides is 2. The summed E-state index contributed by atoms with van der Waals surface area (Å²) in [7, 11) is 4.09. The van der Waals surface area contributed by atoms with E-state index >= 15 is 0 Å². The van der Waals surface area contributed by atoms with Gasteiger partial charge in [0.15, 0.2) is 0 Å². The van der Waals surface area contributed by atoms with Gasteiger partial charge in [0, 0.05) is 17.5 Å². The monoisotopic (exact) mass is 295 g/mol. The Hall–Kier alpha value is -1.07. The number of nitrogens with one attached hydrogen (secondary N) is 2. The number of rotatable bonds is 5. The fourth-order valence-corrected chi connectivity index (χ4v) is 3.61. The Labute approximate surface area is 125 Å². The first-order chi connectivity index (χ1) is 9.66. The fourth-order valence-electron chi connectivity index (χ4n) is 2.69. The molecule has 0 bridgehead atoms. The summed E-state index contributed by atoms with van der Waals surface area (Å²) in [6, 6.07) is 4.75. The minimum atomic E-state index is -0.0275. The summed E-state index contributed by atoms with van der Waals surface area (Å²) < 4.78 is 0. The molecule has 1 aliphatic carbocycles. The molecule has 0 aliphatic heterocycles. The van der Waals surface area contributed by atoms with Crippen LogP contribution in [0.25, 0.3) is 0 Å². The van der Waals surface area contributed by atoms with Crippen LogP contribution in [0.3, 0.4) is 0 Å². The molecule has 1 atom stereocenters. The molecular formula is C15H25N3OS. The van der Waals surface area contributed by atoms with E-state index in [0.717, 1.165) is 12.8 Å². The molecule has 112 valence electrons. The second-order valence-electron chi connectivity index (χ2n) is 5.68. The average molecular weight is 295 g/mol. The molecule has 0 saturated heterocycles. The van der Waals surface area contributed by atoms with Gasteiger partial charge >= 0.3 is 6.03 Å². The van der Waals surface area contributed by atoms with Crippen molar-refractivity contribution in [3.05, 3.63) is 22.4 Å². The van der Waals surface area contributed by atoms with E-state index in [9.17, 15) is 4.79 Å². The van der Waals surface area contributed by atoms with Crippen LogP contribution >= 0.6 is 11.3 Å². The zero-order valence-corrected chi connectivity index (χ0v) is 13.2. The number of hydrogen-bond donors (Lipinski definition) is 2. The minimum Gasteiger partial charge on any atom is -0.336 e. The first-order valence-electron chi connectivity index (χ1n) is 7.41. The van der Waals surface area contributed by atoms with E-state index in [4.69, 9.17) is 0 Å². The maximum atomic E-state index is 12.0. The quantitative estimate of drug-likeness (QED) is 0.877. The molecule has 2 N–H and O–H groups in total. The maximum absolute atomic E-state index is 12.0. The van der Waals surface area contributed by atoms with Gasteiger partial charge in [0.25, 0.3) is 0 Å². The molecule has 0 radical (unpaired) electrons. The summed E-state index contributed by atoms with van der Waals surface area (Å²) in [5.41, 5.74) is 0. The van der Waals surface area contributed by atoms with Crippen molar-refractivity contribution in [2.45, 2.75) is 44.2 Å². The highest BCUT2D eigenvalue weighted by atomic mass is 32.1. The number of carbonyl (C=O) groups excluding carboxylic acids is 1. The first-order valence-corrected chi connectivity index (χ1v) is 8.29. The van der Waals surface area contributed by atoms with E-state index in [1.165, 1.54) is 24.1 Å². The first kappa shape index (κ1) is 15.3. The summed E-state index contributed by atoms with van der Waals surface area (Å²) in [5, 5.41) is 8.19. The van der Waals surface area contributed by atoms with Crippen LogP contribution in [0.4, 0.5) is 4.79 Å². The van der Waals surface area contributed by atoms with Gasteiger partial charge in [0.2, 0.25) is 0 Å². The highest BCUT2D eigenvalue weighted by Gasteiger charge is 2.18. The van der Waals surface area contributed by atoms with E-state index in [1.54, 1.807) is 11.3 Å². The molecule has 4 nitrogen and oxygen atoms in total. The van der Waals surface area contributed by atoms with Gasteiger partial charge in [0.1, 0.15) is 0 Å². The van der Waals surface area contributed by atoms with Crippen molar-refractivity contribution in [3.8, 4) is 0 Å². The fraction of sp³-hybridized carbons (Fsp3) is 0.667. The predicted octanol–water partition coefficient (Wildman–Crippen LogP) is 2.98. The topological polar surface area (TPSA) is 44.4 Å². The number of nitrogens with zero attached hydrogens (tertiary/aromatic N) is 1. The van der Waals surface area contributed by atoms with Crippen molar-refractivity contribution in [2.75, 3.05) is 20.6 Å². The van der Waals surface area contributed by atoms with Gasteiger partial charge in [-0.25, -0.2) is 4.79 Å². The van der Waals surface area contributed by atoms with Gasteiger partial charge in [-0.1, -0.05) is 25.3 Å². The van der Waals surface area contributed by atoms with E-state index < -0.39 is 0 Å². The third kappa shape index (κ3) is 4.49. The van der Waals surface area contributed by atoms with E-state index in [1.807, 2.05) is 14.1 Å². The Balaban J connectivity index is 1.78. The third-order valence-corrected chi connectivity index (χ3v) is 4.86. The Kier molecular flexibility index (Phi) is 5.86. The van der Waals surface area contributed by atoms with Crippen LogP contribution in [0.15, 0.2) is 17.5 Å². The lowest BCUT2D eigenvalue weighted by atomic mass is 9.96. The van der Waals surface area contributed by atoms with Crippen LogP contribution in [-0.2, 0) is 0 Å². The second kappa shape index (κ2) is 7.64. The Morgan fingerprint density at radius 1 is 1.40 bits per heavy atom. The number of likely N-dealkylation sites (N-methyl/N-ethyl adjacent to an activating group) is 1. The molecule has 5 heteroatoms. The van der Waals surface area contributed by atoms with Crippen LogP contribution in [0, 0.1) is 0 Å². The summed E-state index contributed by atoms with van der Waals surface area (Å²) in [5.74, 6) is 0. The lowest BCUT2D eigenvalue weighted by Crippen LogP contribution is -2.45. The molecule has 1 saturated carbocycles. The van der Waals surface area contributed by atoms with Gasteiger partial charge in [-0.2, -0.15) is 0 Å². The van der Waals surface area contributed by atoms with Crippen molar-refractivity contribution in [3.63, 3.8) is 0 Å². The van der Waals surface area contributed by atoms with Crippen molar-refractivity contribution in [1.29, 1.82) is 0 Å². The number of carbonyl (C=O) groups is 1. The standard InChI is InChI=1S/C15H25N3OS/c1-18(2)13(14-9-6-10-20-14)11-16-15(19)17-12-7-4-3-5-8-12/h6,9-10,12-13H,3-5,7-8,11H2,1-2H3,(H2,16,17,19). The zero-order chi connectivity index (χ0) is 14.4. The van der Waals surface area contributed by atoms with Crippen LogP contribution in [0.5, 0.6) is 0 Å². The molecule has 1 aliphatic rings. The van der Waals surface area contributed by atoms with Crippen LogP contribution in [0.1, 0.15) is 43.0 Å². The summed E-state index contributed by atoms with van der Waals surface area (Å²) in [6.07, 6.45) is 6.02. The summed E-state index contributed by atoms with van der Waals surface area (Å²) >= 11 is 1.73. The van der Waals surface area contributed by atoms with Crippen molar-refractivity contribution in [2.24, 2.45) is 0 Å². The van der Waals surface area contributed by atoms with Crippen molar-refractivity contribution < 1.29 is 4.79 Å². The largest absolute Gasteiger partial charge is 0.336 e. The zero-order valence-electron chi connectivity index (χ0n) is 12.4. The molecular weight excluding hydrogens is 270 g/mol. The van der Waals surface area contributed by atoms with Crippen molar-refractivity contribution in [1.82, 2.24) is 15.5 Å². The van der Waals surface area contributed by atoms with E-state index in [2.05, 4.69) is 33.0 Å². The molecule has 1 heterocycles. The number of hydrogen-bond acceptors (Lipinski definition) is 3. The second-order valence-corrected chi connectivity index (χ2v) is 6.66. The number of thiophene rings is 1. The van der Waals surface area contributed by atoms with Crippen LogP contribution < -0.4 is 10.6 Å². The van der Waals surface area contributed by atoms with Gasteiger partial charge < -0.3 is 15.5 Å². The van der Waals surface area contributed by atoms with E-state index in [0.29, 0.717) is 12.6 Å². The van der Waals surface area contributed by atoms with Gasteiger partial charge in [-0.3, -0.25) is 0 Å². The number of urea groups is 1. The van der Waals surface area contributed by atoms with Crippen LogP contribution in [0.2, 0.25) is 0 Å². The van der Waals surface area contributed by atoms with Gasteiger partial charge in [-0.15, -0.1) is 11.3 Å². The third-order valence-electron chi connectivity index (χ3n) is 3.89. The highest BCUT2D eigenvalue weighted by molar-refractivity contribution is 7.10. The smallest absolute Gasteiger partial charge is 0.315 e. The van der Waals surface area contributed by atoms with Crippen molar-refractivity contribution >= 4 is 17.4 Å². The molecule has 1 fully saturated rings. The lowest BCUT2D eigenvalue weighted by Gasteiger charge is -2.26. The SMILES string of the molecule is CN(C)C(CNC(=O)NC1CCCCC1)c1cccs1. The van der Waals surface area contributed by atoms with E-state index in [-0.39, 0.29) is 12.1 Å². The molecule has 20 heavy (non-hydrogen) atoms. The highest BCUT2D eigenvalue weighted by Crippen LogP contribution is 2.22. The van der Waals surface area contributed by atoms with Gasteiger partial charge in [-0.05, 0) is 38.4 Å². The summed E-state index contributed by atoms with van der Waals surface area (Å²) in [6.45, 7) is 0.645. The summed E-state index contributed by atoms with van der Waals surface area (Å²) in [4.78, 5) is 15.4. The van der Waals surface area contributed by atoms with Crippen LogP contribution in [-0.4, -0.2) is 37.6 Å². The molecule has 0 spiro atoms. The molecule has 1 aromatic heterocycles. The predicted molar refractivity (Wildman–Crippen MR) is 84.2 cm³/mol. The molecule has 1 aromatic rings. The molecule has 2 amide bonds. The lowest BCUT2D eigenvalue weighted by molar-refractivity contribution is 0.226. The Morgan fingerprint density at radius 3 is 2.75 bits per heavy atom. The molecule has 0 aromatic carbocycles. The molecule has 2 rings (SSSR count). The van der Waals surface area contributed by atoms with Gasteiger partial charge in [0.05, 0.1) is 6.04 Å². The minimum absolute atomic E-state index is 0.0275. The Morgan fingerprint density at radius 2 is 2.15 bits per heavy atom. The molecule has 1 unspecified atom stereocenters. The average Bonchev–Trinajstić information content (AvgIpc) is 2.93.